The van der Waals surface area contributed by atoms with Crippen LogP contribution in [-0.4, -0.2) is 16.8 Å². The van der Waals surface area contributed by atoms with E-state index in [4.69, 9.17) is 5.11 Å². The minimum atomic E-state index is 0.208. The number of aliphatic hydroxyl groups is 1. The molecule has 1 atom stereocenters. The van der Waals surface area contributed by atoms with E-state index in [1.165, 1.54) is 0 Å². The SMILES string of the molecule is Cc1cc(C[C@@H](C)CO)ccc1O. The summed E-state index contributed by atoms with van der Waals surface area (Å²) in [5.74, 6) is 0.615. The largest absolute Gasteiger partial charge is 0.508 e. The lowest BCUT2D eigenvalue weighted by Gasteiger charge is -2.08. The third-order valence-electron chi connectivity index (χ3n) is 2.16. The molecule has 0 aliphatic rings. The highest BCUT2D eigenvalue weighted by Gasteiger charge is 2.03. The predicted molar refractivity (Wildman–Crippen MR) is 52.8 cm³/mol. The molecule has 0 aliphatic carbocycles. The van der Waals surface area contributed by atoms with Crippen molar-refractivity contribution >= 4 is 0 Å². The minimum Gasteiger partial charge on any atom is -0.508 e. The second-order valence-electron chi connectivity index (χ2n) is 3.61. The van der Waals surface area contributed by atoms with Gasteiger partial charge in [0.15, 0.2) is 0 Å². The summed E-state index contributed by atoms with van der Waals surface area (Å²) >= 11 is 0. The van der Waals surface area contributed by atoms with Gasteiger partial charge >= 0.3 is 0 Å². The highest BCUT2D eigenvalue weighted by atomic mass is 16.3. The van der Waals surface area contributed by atoms with Crippen LogP contribution >= 0.6 is 0 Å². The molecule has 1 rings (SSSR count). The van der Waals surface area contributed by atoms with Crippen LogP contribution in [0.25, 0.3) is 0 Å². The molecule has 2 N–H and O–H groups in total. The third-order valence-corrected chi connectivity index (χ3v) is 2.16. The van der Waals surface area contributed by atoms with Gasteiger partial charge in [-0.15, -0.1) is 0 Å². The van der Waals surface area contributed by atoms with Crippen LogP contribution in [0.5, 0.6) is 5.75 Å². The van der Waals surface area contributed by atoms with E-state index in [1.54, 1.807) is 6.07 Å². The van der Waals surface area contributed by atoms with Crippen LogP contribution < -0.4 is 0 Å². The van der Waals surface area contributed by atoms with Crippen molar-refractivity contribution in [2.75, 3.05) is 6.61 Å². The number of hydrogen-bond donors (Lipinski definition) is 2. The first kappa shape index (κ1) is 10.1. The van der Waals surface area contributed by atoms with Crippen LogP contribution in [0, 0.1) is 12.8 Å². The molecule has 0 aromatic heterocycles. The molecule has 0 aliphatic heterocycles. The Morgan fingerprint density at radius 3 is 2.62 bits per heavy atom. The molecule has 72 valence electrons. The zero-order valence-corrected chi connectivity index (χ0v) is 8.12. The molecule has 0 fully saturated rings. The van der Waals surface area contributed by atoms with E-state index >= 15 is 0 Å². The fourth-order valence-electron chi connectivity index (χ4n) is 1.31. The van der Waals surface area contributed by atoms with E-state index < -0.39 is 0 Å². The highest BCUT2D eigenvalue weighted by molar-refractivity contribution is 5.35. The van der Waals surface area contributed by atoms with E-state index in [0.717, 1.165) is 17.5 Å². The summed E-state index contributed by atoms with van der Waals surface area (Å²) < 4.78 is 0. The van der Waals surface area contributed by atoms with E-state index in [0.29, 0.717) is 5.75 Å². The van der Waals surface area contributed by atoms with Crippen molar-refractivity contribution in [1.29, 1.82) is 0 Å². The lowest BCUT2D eigenvalue weighted by Crippen LogP contribution is -2.04. The number of rotatable bonds is 3. The van der Waals surface area contributed by atoms with Crippen LogP contribution in [0.4, 0.5) is 0 Å². The summed E-state index contributed by atoms with van der Waals surface area (Å²) in [5.41, 5.74) is 2.06. The fourth-order valence-corrected chi connectivity index (χ4v) is 1.31. The standard InChI is InChI=1S/C11H16O2/c1-8(7-12)5-10-3-4-11(13)9(2)6-10/h3-4,6,8,12-13H,5,7H2,1-2H3/t8-/m1/s1. The van der Waals surface area contributed by atoms with Crippen LogP contribution in [0.1, 0.15) is 18.1 Å². The number of aryl methyl sites for hydroxylation is 1. The first-order chi connectivity index (χ1) is 6.13. The number of benzene rings is 1. The molecule has 0 heterocycles. The fraction of sp³-hybridized carbons (Fsp3) is 0.455. The Morgan fingerprint density at radius 2 is 2.08 bits per heavy atom. The molecule has 2 heteroatoms. The smallest absolute Gasteiger partial charge is 0.118 e. The van der Waals surface area contributed by atoms with E-state index in [-0.39, 0.29) is 12.5 Å². The Bertz CT molecular complexity index is 281. The third kappa shape index (κ3) is 2.74. The number of aliphatic hydroxyl groups excluding tert-OH is 1. The summed E-state index contributed by atoms with van der Waals surface area (Å²) in [4.78, 5) is 0. The number of aromatic hydroxyl groups is 1. The number of phenols is 1. The van der Waals surface area contributed by atoms with Crippen molar-refractivity contribution in [2.45, 2.75) is 20.3 Å². The maximum absolute atomic E-state index is 9.29. The van der Waals surface area contributed by atoms with Crippen molar-refractivity contribution in [3.8, 4) is 5.75 Å². The van der Waals surface area contributed by atoms with Crippen LogP contribution in [0.2, 0.25) is 0 Å². The summed E-state index contributed by atoms with van der Waals surface area (Å²) in [5, 5.41) is 18.2. The summed E-state index contributed by atoms with van der Waals surface area (Å²) in [6.07, 6.45) is 0.859. The lowest BCUT2D eigenvalue weighted by atomic mass is 10.0. The van der Waals surface area contributed by atoms with E-state index in [1.807, 2.05) is 26.0 Å². The monoisotopic (exact) mass is 180 g/mol. The Balaban J connectivity index is 2.73. The van der Waals surface area contributed by atoms with E-state index in [9.17, 15) is 5.11 Å². The molecule has 13 heavy (non-hydrogen) atoms. The maximum atomic E-state index is 9.29. The Hall–Kier alpha value is -1.02. The zero-order valence-electron chi connectivity index (χ0n) is 8.12. The molecule has 1 aromatic rings. The summed E-state index contributed by atoms with van der Waals surface area (Å²) in [6, 6.07) is 5.56. The molecule has 0 amide bonds. The van der Waals surface area contributed by atoms with Gasteiger partial charge in [-0.05, 0) is 36.5 Å². The molecule has 0 saturated carbocycles. The first-order valence-electron chi connectivity index (χ1n) is 4.53. The van der Waals surface area contributed by atoms with Crippen molar-refractivity contribution < 1.29 is 10.2 Å². The molecule has 0 radical (unpaired) electrons. The average molecular weight is 180 g/mol. The van der Waals surface area contributed by atoms with Gasteiger partial charge in [0.05, 0.1) is 0 Å². The molecular formula is C11H16O2. The van der Waals surface area contributed by atoms with Gasteiger partial charge in [0.1, 0.15) is 5.75 Å². The molecule has 0 spiro atoms. The second kappa shape index (κ2) is 4.28. The van der Waals surface area contributed by atoms with Crippen LogP contribution in [0.3, 0.4) is 0 Å². The molecular weight excluding hydrogens is 164 g/mol. The zero-order chi connectivity index (χ0) is 9.84. The minimum absolute atomic E-state index is 0.208. The predicted octanol–water partition coefficient (Wildman–Crippen LogP) is 1.87. The van der Waals surface area contributed by atoms with Gasteiger partial charge in [-0.3, -0.25) is 0 Å². The van der Waals surface area contributed by atoms with Crippen molar-refractivity contribution in [1.82, 2.24) is 0 Å². The van der Waals surface area contributed by atoms with E-state index in [2.05, 4.69) is 0 Å². The molecule has 0 saturated heterocycles. The Labute approximate surface area is 78.8 Å². The van der Waals surface area contributed by atoms with Gasteiger partial charge in [-0.25, -0.2) is 0 Å². The molecule has 0 bridgehead atoms. The summed E-state index contributed by atoms with van der Waals surface area (Å²) in [6.45, 7) is 4.09. The number of hydrogen-bond acceptors (Lipinski definition) is 2. The highest BCUT2D eigenvalue weighted by Crippen LogP contribution is 2.18. The van der Waals surface area contributed by atoms with Gasteiger partial charge in [-0.1, -0.05) is 19.1 Å². The molecule has 0 unspecified atom stereocenters. The maximum Gasteiger partial charge on any atom is 0.118 e. The van der Waals surface area contributed by atoms with Crippen LogP contribution in [-0.2, 0) is 6.42 Å². The first-order valence-corrected chi connectivity index (χ1v) is 4.53. The average Bonchev–Trinajstić information content (AvgIpc) is 2.11. The normalized spacial score (nSPS) is 12.8. The molecule has 1 aromatic carbocycles. The Kier molecular flexibility index (Phi) is 3.32. The number of phenolic OH excluding ortho intramolecular Hbond substituents is 1. The Morgan fingerprint density at radius 1 is 1.38 bits per heavy atom. The van der Waals surface area contributed by atoms with Crippen LogP contribution in [0.15, 0.2) is 18.2 Å². The van der Waals surface area contributed by atoms with Gasteiger partial charge in [-0.2, -0.15) is 0 Å². The van der Waals surface area contributed by atoms with Gasteiger partial charge in [0, 0.05) is 6.61 Å². The quantitative estimate of drug-likeness (QED) is 0.745. The van der Waals surface area contributed by atoms with Crippen molar-refractivity contribution in [2.24, 2.45) is 5.92 Å². The van der Waals surface area contributed by atoms with Crippen molar-refractivity contribution in [3.05, 3.63) is 29.3 Å². The lowest BCUT2D eigenvalue weighted by molar-refractivity contribution is 0.237. The topological polar surface area (TPSA) is 40.5 Å². The van der Waals surface area contributed by atoms with Gasteiger partial charge < -0.3 is 10.2 Å². The summed E-state index contributed by atoms with van der Waals surface area (Å²) in [7, 11) is 0. The second-order valence-corrected chi connectivity index (χ2v) is 3.61. The van der Waals surface area contributed by atoms with Crippen molar-refractivity contribution in [3.63, 3.8) is 0 Å². The van der Waals surface area contributed by atoms with Gasteiger partial charge in [0.25, 0.3) is 0 Å². The molecule has 2 nitrogen and oxygen atoms in total. The van der Waals surface area contributed by atoms with Gasteiger partial charge in [0.2, 0.25) is 0 Å².